The summed E-state index contributed by atoms with van der Waals surface area (Å²) in [4.78, 5) is 28.9. The van der Waals surface area contributed by atoms with Crippen LogP contribution in [0.25, 0.3) is 11.3 Å². The van der Waals surface area contributed by atoms with E-state index in [9.17, 15) is 22.8 Å². The topological polar surface area (TPSA) is 112 Å². The minimum absolute atomic E-state index is 0.0118. The number of carbonyl (C=O) groups excluding carboxylic acids is 2. The molecule has 2 amide bonds. The molecule has 3 rings (SSSR count). The van der Waals surface area contributed by atoms with Gasteiger partial charge in [-0.1, -0.05) is 6.07 Å². The molecular formula is C23H21F3N4O3. The van der Waals surface area contributed by atoms with Crippen molar-refractivity contribution in [3.05, 3.63) is 77.5 Å². The minimum atomic E-state index is -4.60. The molecule has 0 spiro atoms. The van der Waals surface area contributed by atoms with Crippen LogP contribution >= 0.6 is 0 Å². The lowest BCUT2D eigenvalue weighted by Crippen LogP contribution is -2.33. The number of nitrogens with zero attached hydrogens (tertiary/aromatic N) is 2. The number of pyridine rings is 1. The van der Waals surface area contributed by atoms with Crippen LogP contribution in [0.4, 0.5) is 13.2 Å². The van der Waals surface area contributed by atoms with E-state index >= 15 is 0 Å². The first-order chi connectivity index (χ1) is 15.5. The second kappa shape index (κ2) is 9.29. The highest BCUT2D eigenvalue weighted by atomic mass is 19.4. The number of halogens is 3. The van der Waals surface area contributed by atoms with Crippen LogP contribution in [0.15, 0.2) is 60.7 Å². The Kier molecular flexibility index (Phi) is 6.68. The fourth-order valence-electron chi connectivity index (χ4n) is 3.27. The number of amides is 2. The van der Waals surface area contributed by atoms with Crippen LogP contribution in [-0.4, -0.2) is 35.8 Å². The lowest BCUT2D eigenvalue weighted by Gasteiger charge is -2.24. The molecule has 1 aromatic heterocycles. The average Bonchev–Trinajstić information content (AvgIpc) is 2.74. The Morgan fingerprint density at radius 1 is 1.00 bits per heavy atom. The van der Waals surface area contributed by atoms with Crippen molar-refractivity contribution < 1.29 is 27.5 Å². The Bertz CT molecular complexity index is 1180. The van der Waals surface area contributed by atoms with Gasteiger partial charge < -0.3 is 16.2 Å². The van der Waals surface area contributed by atoms with Gasteiger partial charge in [-0.3, -0.25) is 14.5 Å². The van der Waals surface area contributed by atoms with Crippen LogP contribution in [0.1, 0.15) is 27.7 Å². The van der Waals surface area contributed by atoms with Gasteiger partial charge in [0.15, 0.2) is 0 Å². The van der Waals surface area contributed by atoms with Crippen LogP contribution < -0.4 is 16.2 Å². The van der Waals surface area contributed by atoms with E-state index in [1.54, 1.807) is 36.4 Å². The molecule has 3 aromatic rings. The molecule has 0 bridgehead atoms. The van der Waals surface area contributed by atoms with E-state index in [0.29, 0.717) is 17.0 Å². The smallest absolute Gasteiger partial charge is 0.416 e. The van der Waals surface area contributed by atoms with Gasteiger partial charge >= 0.3 is 6.18 Å². The highest BCUT2D eigenvalue weighted by Crippen LogP contribution is 2.38. The number of alkyl halides is 3. The van der Waals surface area contributed by atoms with Crippen molar-refractivity contribution in [2.24, 2.45) is 11.5 Å². The average molecular weight is 458 g/mol. The molecule has 10 heteroatoms. The Hall–Kier alpha value is -3.92. The molecule has 7 nitrogen and oxygen atoms in total. The van der Waals surface area contributed by atoms with Crippen LogP contribution in [0, 0.1) is 0 Å². The fourth-order valence-corrected chi connectivity index (χ4v) is 3.27. The molecule has 0 saturated carbocycles. The summed E-state index contributed by atoms with van der Waals surface area (Å²) in [6, 6.07) is 13.1. The first-order valence-corrected chi connectivity index (χ1v) is 9.69. The van der Waals surface area contributed by atoms with Crippen LogP contribution in [-0.2, 0) is 11.0 Å². The number of likely N-dealkylation sites (N-methyl/N-ethyl adjacent to an activating group) is 1. The molecule has 0 fully saturated rings. The highest BCUT2D eigenvalue weighted by Gasteiger charge is 2.33. The second-order valence-corrected chi connectivity index (χ2v) is 7.42. The first-order valence-electron chi connectivity index (χ1n) is 9.69. The Balaban J connectivity index is 1.96. The van der Waals surface area contributed by atoms with Crippen molar-refractivity contribution in [1.29, 1.82) is 0 Å². The number of carbonyl (C=O) groups is 2. The van der Waals surface area contributed by atoms with Gasteiger partial charge in [0.1, 0.15) is 23.2 Å². The summed E-state index contributed by atoms with van der Waals surface area (Å²) in [5.41, 5.74) is 11.1. The molecule has 2 aromatic carbocycles. The normalized spacial score (nSPS) is 12.4. The molecule has 0 radical (unpaired) electrons. The van der Waals surface area contributed by atoms with E-state index in [2.05, 4.69) is 4.98 Å². The maximum absolute atomic E-state index is 13.3. The molecule has 0 aliphatic carbocycles. The Labute approximate surface area is 187 Å². The molecule has 33 heavy (non-hydrogen) atoms. The Morgan fingerprint density at radius 3 is 2.21 bits per heavy atom. The van der Waals surface area contributed by atoms with Gasteiger partial charge in [0.05, 0.1) is 11.3 Å². The van der Waals surface area contributed by atoms with Crippen molar-refractivity contribution in [3.8, 4) is 22.8 Å². The lowest BCUT2D eigenvalue weighted by molar-refractivity contribution is -0.137. The number of hydrogen-bond donors (Lipinski definition) is 2. The van der Waals surface area contributed by atoms with Gasteiger partial charge in [0, 0.05) is 11.1 Å². The zero-order chi connectivity index (χ0) is 24.3. The number of aromatic nitrogens is 1. The molecule has 0 saturated heterocycles. The zero-order valence-corrected chi connectivity index (χ0v) is 17.8. The maximum Gasteiger partial charge on any atom is 0.416 e. The summed E-state index contributed by atoms with van der Waals surface area (Å²) in [6.45, 7) is 0. The molecule has 172 valence electrons. The van der Waals surface area contributed by atoms with Gasteiger partial charge in [-0.05, 0) is 68.7 Å². The molecular weight excluding hydrogens is 437 g/mol. The molecule has 1 heterocycles. The molecule has 0 aliphatic rings. The summed E-state index contributed by atoms with van der Waals surface area (Å²) in [5, 5.41) is 0. The first kappa shape index (κ1) is 23.7. The second-order valence-electron chi connectivity index (χ2n) is 7.42. The number of benzene rings is 2. The van der Waals surface area contributed by atoms with Crippen molar-refractivity contribution in [3.63, 3.8) is 0 Å². The van der Waals surface area contributed by atoms with Crippen molar-refractivity contribution in [1.82, 2.24) is 9.88 Å². The summed E-state index contributed by atoms with van der Waals surface area (Å²) in [6.07, 6.45) is -4.60. The van der Waals surface area contributed by atoms with Gasteiger partial charge in [-0.25, -0.2) is 4.98 Å². The van der Waals surface area contributed by atoms with E-state index in [1.165, 1.54) is 25.1 Å². The van der Waals surface area contributed by atoms with Gasteiger partial charge in [0.25, 0.3) is 5.91 Å². The van der Waals surface area contributed by atoms with Gasteiger partial charge in [-0.15, -0.1) is 0 Å². The third-order valence-corrected chi connectivity index (χ3v) is 4.80. The van der Waals surface area contributed by atoms with E-state index in [0.717, 1.165) is 18.2 Å². The number of ether oxygens (including phenoxy) is 1. The number of rotatable bonds is 7. The predicted molar refractivity (Wildman–Crippen MR) is 115 cm³/mol. The van der Waals surface area contributed by atoms with Crippen LogP contribution in [0.3, 0.4) is 0 Å². The van der Waals surface area contributed by atoms with Crippen LogP contribution in [0.2, 0.25) is 0 Å². The summed E-state index contributed by atoms with van der Waals surface area (Å²) in [5.74, 6) is -1.11. The van der Waals surface area contributed by atoms with E-state index in [4.69, 9.17) is 16.2 Å². The maximum atomic E-state index is 13.3. The molecule has 0 aliphatic heterocycles. The predicted octanol–water partition coefficient (Wildman–Crippen LogP) is 3.75. The fraction of sp³-hybridized carbons (Fsp3) is 0.174. The summed E-state index contributed by atoms with van der Waals surface area (Å²) >= 11 is 0. The highest BCUT2D eigenvalue weighted by molar-refractivity contribution is 5.91. The molecule has 1 unspecified atom stereocenters. The SMILES string of the molecule is CN(C)C(C(N)=O)c1cc(C(F)(F)F)ccc1Oc1ccc(-c2cccc(C(N)=O)n2)cc1. The lowest BCUT2D eigenvalue weighted by atomic mass is 10.0. The number of hydrogen-bond acceptors (Lipinski definition) is 5. The number of nitrogens with two attached hydrogens (primary N) is 2. The molecule has 4 N–H and O–H groups in total. The quantitative estimate of drug-likeness (QED) is 0.560. The van der Waals surface area contributed by atoms with E-state index in [1.807, 2.05) is 0 Å². The largest absolute Gasteiger partial charge is 0.457 e. The third-order valence-electron chi connectivity index (χ3n) is 4.80. The van der Waals surface area contributed by atoms with Crippen molar-refractivity contribution >= 4 is 11.8 Å². The third kappa shape index (κ3) is 5.47. The Morgan fingerprint density at radius 2 is 1.67 bits per heavy atom. The van der Waals surface area contributed by atoms with Crippen LogP contribution in [0.5, 0.6) is 11.5 Å². The van der Waals surface area contributed by atoms with Gasteiger partial charge in [0.2, 0.25) is 5.91 Å². The van der Waals surface area contributed by atoms with Crippen molar-refractivity contribution in [2.45, 2.75) is 12.2 Å². The van der Waals surface area contributed by atoms with E-state index < -0.39 is 29.6 Å². The van der Waals surface area contributed by atoms with Gasteiger partial charge in [-0.2, -0.15) is 13.2 Å². The van der Waals surface area contributed by atoms with Crippen molar-refractivity contribution in [2.75, 3.05) is 14.1 Å². The summed E-state index contributed by atoms with van der Waals surface area (Å²) < 4.78 is 45.6. The monoisotopic (exact) mass is 458 g/mol. The standard InChI is InChI=1S/C23H21F3N4O3/c1-30(2)20(22(28)32)16-12-14(23(24,25)26)8-11-19(16)33-15-9-6-13(7-10-15)17-4-3-5-18(29-17)21(27)31/h3-12,20H,1-2H3,(H2,27,31)(H2,28,32). The zero-order valence-electron chi connectivity index (χ0n) is 17.8. The minimum Gasteiger partial charge on any atom is -0.457 e. The summed E-state index contributed by atoms with van der Waals surface area (Å²) in [7, 11) is 3.06. The van der Waals surface area contributed by atoms with E-state index in [-0.39, 0.29) is 17.0 Å². The number of primary amides is 2. The molecule has 1 atom stereocenters.